The van der Waals surface area contributed by atoms with Crippen molar-refractivity contribution in [3.05, 3.63) is 78.4 Å². The zero-order valence-electron chi connectivity index (χ0n) is 18.5. The largest absolute Gasteiger partial charge is 0.486 e. The van der Waals surface area contributed by atoms with Crippen LogP contribution in [0.5, 0.6) is 23.0 Å². The van der Waals surface area contributed by atoms with Crippen molar-refractivity contribution in [1.29, 1.82) is 0 Å². The second-order valence-electron chi connectivity index (χ2n) is 8.41. The Balaban J connectivity index is 1.36. The molecule has 1 aliphatic carbocycles. The standard InChI is InChI=1S/C25H23NO8S/c27-24(28)25(29,34-22-11-5-9-20-19-8-4-10-21(19)33-23(20)22)26-35(30,31)18-14-12-17(13-15-18)32-16-6-2-1-3-7-16/h1-3,5-7,9,11-15,19,21,26,29H,4,8,10H2,(H,27,28). The first kappa shape index (κ1) is 23.2. The molecule has 0 spiro atoms. The number of para-hydroxylation sites is 2. The molecular weight excluding hydrogens is 474 g/mol. The van der Waals surface area contributed by atoms with Gasteiger partial charge in [0.05, 0.1) is 4.90 Å². The van der Waals surface area contributed by atoms with Gasteiger partial charge < -0.3 is 24.4 Å². The molecule has 182 valence electrons. The fourth-order valence-corrected chi connectivity index (χ4v) is 5.53. The van der Waals surface area contributed by atoms with E-state index < -0.39 is 21.9 Å². The Morgan fingerprint density at radius 1 is 0.971 bits per heavy atom. The summed E-state index contributed by atoms with van der Waals surface area (Å²) in [4.78, 5) is 11.6. The molecule has 1 heterocycles. The normalized spacial score (nSPS) is 20.3. The monoisotopic (exact) mass is 497 g/mol. The van der Waals surface area contributed by atoms with Crippen LogP contribution in [0.2, 0.25) is 0 Å². The Bertz CT molecular complexity index is 1340. The molecule has 0 saturated heterocycles. The molecule has 3 aromatic carbocycles. The summed E-state index contributed by atoms with van der Waals surface area (Å²) in [7, 11) is -4.50. The van der Waals surface area contributed by atoms with Crippen molar-refractivity contribution in [2.24, 2.45) is 0 Å². The number of rotatable bonds is 8. The molecule has 0 aromatic heterocycles. The van der Waals surface area contributed by atoms with Gasteiger partial charge in [-0.05, 0) is 61.7 Å². The van der Waals surface area contributed by atoms with E-state index in [9.17, 15) is 23.4 Å². The Labute approximate surface area is 201 Å². The summed E-state index contributed by atoms with van der Waals surface area (Å²) in [6, 6.07) is 19.1. The van der Waals surface area contributed by atoms with Crippen LogP contribution < -0.4 is 18.9 Å². The molecule has 5 rings (SSSR count). The Hall–Kier alpha value is -3.60. The molecule has 9 nitrogen and oxygen atoms in total. The molecule has 0 amide bonds. The van der Waals surface area contributed by atoms with Crippen LogP contribution in [0.15, 0.2) is 77.7 Å². The van der Waals surface area contributed by atoms with Gasteiger partial charge in [-0.1, -0.05) is 30.3 Å². The number of ether oxygens (including phenoxy) is 3. The number of nitrogens with one attached hydrogen (secondary N) is 1. The van der Waals surface area contributed by atoms with E-state index in [0.717, 1.165) is 24.8 Å². The third-order valence-electron chi connectivity index (χ3n) is 6.06. The molecule has 0 radical (unpaired) electrons. The van der Waals surface area contributed by atoms with E-state index in [1.807, 2.05) is 12.1 Å². The Morgan fingerprint density at radius 2 is 1.69 bits per heavy atom. The highest BCUT2D eigenvalue weighted by Crippen LogP contribution is 2.51. The minimum absolute atomic E-state index is 0.0408. The average molecular weight is 498 g/mol. The maximum absolute atomic E-state index is 12.9. The van der Waals surface area contributed by atoms with Gasteiger partial charge in [-0.25, -0.2) is 13.2 Å². The van der Waals surface area contributed by atoms with E-state index in [1.165, 1.54) is 30.3 Å². The first-order chi connectivity index (χ1) is 16.7. The van der Waals surface area contributed by atoms with Crippen LogP contribution in [0.4, 0.5) is 0 Å². The topological polar surface area (TPSA) is 131 Å². The first-order valence-corrected chi connectivity index (χ1v) is 12.5. The highest BCUT2D eigenvalue weighted by Gasteiger charge is 2.46. The van der Waals surface area contributed by atoms with Crippen molar-refractivity contribution in [3.8, 4) is 23.0 Å². The first-order valence-electron chi connectivity index (χ1n) is 11.1. The van der Waals surface area contributed by atoms with Crippen molar-refractivity contribution in [1.82, 2.24) is 4.72 Å². The van der Waals surface area contributed by atoms with Crippen molar-refractivity contribution in [2.75, 3.05) is 0 Å². The highest BCUT2D eigenvalue weighted by atomic mass is 32.2. The summed E-state index contributed by atoms with van der Waals surface area (Å²) >= 11 is 0. The summed E-state index contributed by atoms with van der Waals surface area (Å²) in [5.74, 6) is -3.83. The van der Waals surface area contributed by atoms with Gasteiger partial charge in [0, 0.05) is 11.5 Å². The number of carboxylic acids is 1. The van der Waals surface area contributed by atoms with Crippen molar-refractivity contribution in [2.45, 2.75) is 42.1 Å². The van der Waals surface area contributed by atoms with Crippen LogP contribution in [-0.2, 0) is 14.8 Å². The second kappa shape index (κ2) is 8.88. The van der Waals surface area contributed by atoms with E-state index >= 15 is 0 Å². The minimum atomic E-state index is -4.50. The summed E-state index contributed by atoms with van der Waals surface area (Å²) in [5, 5.41) is 20.4. The number of benzene rings is 3. The molecule has 3 unspecified atom stereocenters. The predicted molar refractivity (Wildman–Crippen MR) is 124 cm³/mol. The molecule has 35 heavy (non-hydrogen) atoms. The quantitative estimate of drug-likeness (QED) is 0.403. The zero-order valence-corrected chi connectivity index (χ0v) is 19.3. The lowest BCUT2D eigenvalue weighted by Gasteiger charge is -2.26. The molecule has 1 fully saturated rings. The van der Waals surface area contributed by atoms with Crippen molar-refractivity contribution < 1.29 is 37.6 Å². The molecule has 3 atom stereocenters. The third-order valence-corrected chi connectivity index (χ3v) is 7.50. The summed E-state index contributed by atoms with van der Waals surface area (Å²) in [6.07, 6.45) is 2.77. The lowest BCUT2D eigenvalue weighted by atomic mass is 9.97. The number of hydrogen-bond donors (Lipinski definition) is 3. The average Bonchev–Trinajstić information content (AvgIpc) is 3.42. The van der Waals surface area contributed by atoms with Crippen LogP contribution in [-0.4, -0.2) is 36.6 Å². The third kappa shape index (κ3) is 4.55. The van der Waals surface area contributed by atoms with Gasteiger partial charge in [0.1, 0.15) is 17.6 Å². The molecule has 3 N–H and O–H groups in total. The molecule has 1 aliphatic heterocycles. The molecule has 2 aliphatic rings. The maximum Gasteiger partial charge on any atom is 0.395 e. The van der Waals surface area contributed by atoms with E-state index in [0.29, 0.717) is 17.2 Å². The number of sulfonamides is 1. The maximum atomic E-state index is 12.9. The Kier molecular flexibility index (Phi) is 5.87. The van der Waals surface area contributed by atoms with Gasteiger partial charge in [0.2, 0.25) is 10.0 Å². The summed E-state index contributed by atoms with van der Waals surface area (Å²) in [6.45, 7) is 0. The number of carbonyl (C=O) groups is 1. The molecule has 10 heteroatoms. The fourth-order valence-electron chi connectivity index (χ4n) is 4.43. The van der Waals surface area contributed by atoms with Crippen LogP contribution in [0.3, 0.4) is 0 Å². The number of hydrogen-bond acceptors (Lipinski definition) is 7. The smallest absolute Gasteiger partial charge is 0.395 e. The van der Waals surface area contributed by atoms with Crippen LogP contribution in [0.1, 0.15) is 30.7 Å². The van der Waals surface area contributed by atoms with Gasteiger partial charge in [0.15, 0.2) is 11.5 Å². The lowest BCUT2D eigenvalue weighted by Crippen LogP contribution is -2.58. The van der Waals surface area contributed by atoms with E-state index in [1.54, 1.807) is 35.1 Å². The van der Waals surface area contributed by atoms with Crippen molar-refractivity contribution >= 4 is 16.0 Å². The molecule has 0 bridgehead atoms. The SMILES string of the molecule is O=C(O)C(O)(NS(=O)(=O)c1ccc(Oc2ccccc2)cc1)Oc1cccc2c1OC1CCCC21. The van der Waals surface area contributed by atoms with Crippen LogP contribution in [0.25, 0.3) is 0 Å². The van der Waals surface area contributed by atoms with Gasteiger partial charge >= 0.3 is 11.9 Å². The van der Waals surface area contributed by atoms with Gasteiger partial charge in [-0.3, -0.25) is 0 Å². The summed E-state index contributed by atoms with van der Waals surface area (Å²) in [5.41, 5.74) is 0.856. The molecular formula is C25H23NO8S. The minimum Gasteiger partial charge on any atom is -0.486 e. The van der Waals surface area contributed by atoms with Gasteiger partial charge in [-0.15, -0.1) is 4.72 Å². The lowest BCUT2D eigenvalue weighted by molar-refractivity contribution is -0.197. The van der Waals surface area contributed by atoms with Gasteiger partial charge in [-0.2, -0.15) is 0 Å². The summed E-state index contributed by atoms with van der Waals surface area (Å²) < 4.78 is 44.5. The zero-order chi connectivity index (χ0) is 24.6. The van der Waals surface area contributed by atoms with Crippen molar-refractivity contribution in [3.63, 3.8) is 0 Å². The number of fused-ring (bicyclic) bond motifs is 3. The van der Waals surface area contributed by atoms with E-state index in [-0.39, 0.29) is 22.7 Å². The number of carboxylic acid groups (broad SMARTS) is 1. The highest BCUT2D eigenvalue weighted by molar-refractivity contribution is 7.89. The fraction of sp³-hybridized carbons (Fsp3) is 0.240. The predicted octanol–water partition coefficient (Wildman–Crippen LogP) is 3.60. The molecule has 3 aromatic rings. The molecule has 1 saturated carbocycles. The second-order valence-corrected chi connectivity index (χ2v) is 10.1. The number of aliphatic carboxylic acids is 1. The van der Waals surface area contributed by atoms with E-state index in [2.05, 4.69) is 0 Å². The van der Waals surface area contributed by atoms with Crippen LogP contribution >= 0.6 is 0 Å². The van der Waals surface area contributed by atoms with Gasteiger partial charge in [0.25, 0.3) is 0 Å². The Morgan fingerprint density at radius 3 is 2.40 bits per heavy atom. The number of aliphatic hydroxyl groups is 1. The van der Waals surface area contributed by atoms with Crippen LogP contribution in [0, 0.1) is 0 Å². The van der Waals surface area contributed by atoms with E-state index in [4.69, 9.17) is 14.2 Å².